The molecule has 2 saturated carbocycles. The monoisotopic (exact) mass is 458 g/mol. The van der Waals surface area contributed by atoms with Gasteiger partial charge in [-0.2, -0.15) is 0 Å². The molecule has 2 aromatic rings. The van der Waals surface area contributed by atoms with Crippen LogP contribution in [0.3, 0.4) is 0 Å². The van der Waals surface area contributed by atoms with Crippen LogP contribution < -0.4 is 4.74 Å². The van der Waals surface area contributed by atoms with Crippen LogP contribution in [-0.4, -0.2) is 19.5 Å². The molecule has 0 spiro atoms. The molecule has 0 N–H and O–H groups in total. The second-order valence-electron chi connectivity index (χ2n) is 10.9. The highest BCUT2D eigenvalue weighted by molar-refractivity contribution is 5.87. The normalized spacial score (nSPS) is 29.8. The van der Waals surface area contributed by atoms with Gasteiger partial charge in [-0.3, -0.25) is 4.79 Å². The molecular weight excluding hydrogens is 420 g/mol. The Hall–Kier alpha value is -2.39. The van der Waals surface area contributed by atoms with Gasteiger partial charge in [0.1, 0.15) is 18.1 Å². The summed E-state index contributed by atoms with van der Waals surface area (Å²) >= 11 is 0. The summed E-state index contributed by atoms with van der Waals surface area (Å²) in [5.41, 5.74) is 5.25. The minimum atomic E-state index is -0.135. The second-order valence-corrected chi connectivity index (χ2v) is 10.9. The van der Waals surface area contributed by atoms with E-state index in [0.29, 0.717) is 42.7 Å². The molecule has 34 heavy (non-hydrogen) atoms. The maximum atomic E-state index is 13.1. The lowest BCUT2D eigenvalue weighted by atomic mass is 9.54. The van der Waals surface area contributed by atoms with Crippen LogP contribution >= 0.6 is 0 Å². The number of carbonyl (C=O) groups is 1. The largest absolute Gasteiger partial charge is 0.489 e. The van der Waals surface area contributed by atoms with Crippen molar-refractivity contribution in [2.45, 2.75) is 64.4 Å². The lowest BCUT2D eigenvalue weighted by molar-refractivity contribution is -0.129. The molecule has 1 unspecified atom stereocenters. The molecule has 3 heteroatoms. The molecule has 3 aliphatic rings. The summed E-state index contributed by atoms with van der Waals surface area (Å²) < 4.78 is 11.8. The highest BCUT2D eigenvalue weighted by Crippen LogP contribution is 2.62. The Morgan fingerprint density at radius 1 is 1.18 bits per heavy atom. The first-order valence-corrected chi connectivity index (χ1v) is 13.0. The predicted octanol–water partition coefficient (Wildman–Crippen LogP) is 6.68. The lowest BCUT2D eigenvalue weighted by Crippen LogP contribution is -2.44. The number of ether oxygens (including phenoxy) is 2. The van der Waals surface area contributed by atoms with Gasteiger partial charge in [0.15, 0.2) is 0 Å². The second kappa shape index (κ2) is 9.70. The molecule has 5 rings (SSSR count). The van der Waals surface area contributed by atoms with Crippen molar-refractivity contribution >= 4 is 5.78 Å². The minimum Gasteiger partial charge on any atom is -0.489 e. The van der Waals surface area contributed by atoms with Gasteiger partial charge >= 0.3 is 0 Å². The topological polar surface area (TPSA) is 35.5 Å². The Kier molecular flexibility index (Phi) is 6.66. The van der Waals surface area contributed by atoms with E-state index >= 15 is 0 Å². The van der Waals surface area contributed by atoms with Gasteiger partial charge in [0.05, 0.1) is 6.61 Å². The summed E-state index contributed by atoms with van der Waals surface area (Å²) in [6.45, 7) is 7.53. The van der Waals surface area contributed by atoms with E-state index in [2.05, 4.69) is 49.9 Å². The molecule has 0 radical (unpaired) electrons. The van der Waals surface area contributed by atoms with Crippen LogP contribution in [0.2, 0.25) is 0 Å². The summed E-state index contributed by atoms with van der Waals surface area (Å²) in [6, 6.07) is 15.1. The number of hydrogen-bond donors (Lipinski definition) is 0. The fraction of sp³-hybridized carbons (Fsp3) is 0.516. The summed E-state index contributed by atoms with van der Waals surface area (Å²) in [5, 5.41) is 0. The molecule has 0 saturated heterocycles. The molecule has 0 aliphatic heterocycles. The SMILES string of the molecule is C=CCC1CC(=O)[C@@]2(C)CC[C@@H]3c4cc(CCOC)c(OCc5ccccc5)cc4CC[C@H]3[C@H]12. The maximum Gasteiger partial charge on any atom is 0.139 e. The zero-order chi connectivity index (χ0) is 23.7. The summed E-state index contributed by atoms with van der Waals surface area (Å²) in [5.74, 6) is 3.59. The number of aryl methyl sites for hydroxylation is 1. The van der Waals surface area contributed by atoms with Gasteiger partial charge < -0.3 is 9.47 Å². The van der Waals surface area contributed by atoms with E-state index in [9.17, 15) is 4.79 Å². The van der Waals surface area contributed by atoms with Crippen LogP contribution in [0, 0.1) is 23.2 Å². The van der Waals surface area contributed by atoms with Crippen molar-refractivity contribution < 1.29 is 14.3 Å². The van der Waals surface area contributed by atoms with E-state index in [1.54, 1.807) is 7.11 Å². The van der Waals surface area contributed by atoms with Crippen molar-refractivity contribution in [2.24, 2.45) is 23.2 Å². The first-order valence-electron chi connectivity index (χ1n) is 13.0. The number of carbonyl (C=O) groups excluding carboxylic acids is 1. The van der Waals surface area contributed by atoms with Gasteiger partial charge in [0.25, 0.3) is 0 Å². The van der Waals surface area contributed by atoms with Gasteiger partial charge in [-0.25, -0.2) is 0 Å². The predicted molar refractivity (Wildman–Crippen MR) is 136 cm³/mol. The Morgan fingerprint density at radius 3 is 2.76 bits per heavy atom. The minimum absolute atomic E-state index is 0.135. The van der Waals surface area contributed by atoms with Crippen molar-refractivity contribution in [3.63, 3.8) is 0 Å². The van der Waals surface area contributed by atoms with Gasteiger partial charge in [-0.1, -0.05) is 49.4 Å². The number of hydrogen-bond acceptors (Lipinski definition) is 3. The number of benzene rings is 2. The molecule has 2 fully saturated rings. The van der Waals surface area contributed by atoms with Crippen LogP contribution in [0.5, 0.6) is 5.75 Å². The first-order chi connectivity index (χ1) is 16.5. The van der Waals surface area contributed by atoms with E-state index in [4.69, 9.17) is 9.47 Å². The van der Waals surface area contributed by atoms with Crippen molar-refractivity contribution in [2.75, 3.05) is 13.7 Å². The highest BCUT2D eigenvalue weighted by Gasteiger charge is 2.58. The van der Waals surface area contributed by atoms with Crippen LogP contribution in [-0.2, 0) is 29.0 Å². The third-order valence-corrected chi connectivity index (χ3v) is 9.03. The van der Waals surface area contributed by atoms with Gasteiger partial charge in [0, 0.05) is 18.9 Å². The van der Waals surface area contributed by atoms with E-state index in [1.807, 2.05) is 12.1 Å². The molecule has 0 amide bonds. The Balaban J connectivity index is 1.45. The number of fused-ring (bicyclic) bond motifs is 5. The number of allylic oxidation sites excluding steroid dienone is 1. The van der Waals surface area contributed by atoms with E-state index < -0.39 is 0 Å². The van der Waals surface area contributed by atoms with Gasteiger partial charge in [0.2, 0.25) is 0 Å². The fourth-order valence-electron chi connectivity index (χ4n) is 7.41. The van der Waals surface area contributed by atoms with Crippen molar-refractivity contribution in [3.8, 4) is 5.75 Å². The Morgan fingerprint density at radius 2 is 2.00 bits per heavy atom. The lowest BCUT2D eigenvalue weighted by Gasteiger charge is -2.50. The standard InChI is InChI=1S/C31H38O3/c1-4-8-24-19-29(32)31(2)15-13-25-26(30(24)31)12-11-22-18-28(23(14-16-33-3)17-27(22)25)34-20-21-9-6-5-7-10-21/h4-7,9-10,17-18,24-26,30H,1,8,11-16,19-20H2,2-3H3/t24?,25-,26+,30-,31+/m0/s1. The molecule has 2 aromatic carbocycles. The van der Waals surface area contributed by atoms with Crippen molar-refractivity contribution in [1.29, 1.82) is 0 Å². The van der Waals surface area contributed by atoms with Crippen molar-refractivity contribution in [1.82, 2.24) is 0 Å². The van der Waals surface area contributed by atoms with Gasteiger partial charge in [-0.15, -0.1) is 6.58 Å². The number of rotatable bonds is 8. The molecule has 0 aromatic heterocycles. The zero-order valence-corrected chi connectivity index (χ0v) is 20.7. The van der Waals surface area contributed by atoms with Crippen LogP contribution in [0.25, 0.3) is 0 Å². The molecule has 3 nitrogen and oxygen atoms in total. The molecule has 180 valence electrons. The van der Waals surface area contributed by atoms with E-state index in [-0.39, 0.29) is 5.41 Å². The summed E-state index contributed by atoms with van der Waals surface area (Å²) in [7, 11) is 1.76. The van der Waals surface area contributed by atoms with Crippen LogP contribution in [0.4, 0.5) is 0 Å². The zero-order valence-electron chi connectivity index (χ0n) is 20.7. The van der Waals surface area contributed by atoms with Gasteiger partial charge in [-0.05, 0) is 90.5 Å². The Bertz CT molecular complexity index is 1040. The third-order valence-electron chi connectivity index (χ3n) is 9.03. The highest BCUT2D eigenvalue weighted by atomic mass is 16.5. The summed E-state index contributed by atoms with van der Waals surface area (Å²) in [6.07, 6.45) is 8.98. The molecule has 0 bridgehead atoms. The van der Waals surface area contributed by atoms with Crippen molar-refractivity contribution in [3.05, 3.63) is 77.4 Å². The fourth-order valence-corrected chi connectivity index (χ4v) is 7.41. The first kappa shape index (κ1) is 23.4. The maximum absolute atomic E-state index is 13.1. The average Bonchev–Trinajstić information content (AvgIpc) is 3.11. The van der Waals surface area contributed by atoms with E-state index in [0.717, 1.165) is 44.3 Å². The molecule has 3 aliphatic carbocycles. The molecule has 0 heterocycles. The Labute approximate surface area is 204 Å². The average molecular weight is 459 g/mol. The number of methoxy groups -OCH3 is 1. The molecular formula is C31H38O3. The van der Waals surface area contributed by atoms with Crippen LogP contribution in [0.1, 0.15) is 67.2 Å². The number of ketones is 1. The quantitative estimate of drug-likeness (QED) is 0.414. The third kappa shape index (κ3) is 4.13. The number of Topliss-reactive ketones (excluding diaryl/α,β-unsaturated/α-hetero) is 1. The molecule has 5 atom stereocenters. The summed E-state index contributed by atoms with van der Waals surface area (Å²) in [4.78, 5) is 13.1. The smallest absolute Gasteiger partial charge is 0.139 e. The van der Waals surface area contributed by atoms with Crippen LogP contribution in [0.15, 0.2) is 55.1 Å². The van der Waals surface area contributed by atoms with E-state index in [1.165, 1.54) is 28.7 Å².